The summed E-state index contributed by atoms with van der Waals surface area (Å²) in [5, 5.41) is 9.71. The van der Waals surface area contributed by atoms with E-state index in [0.717, 1.165) is 3.57 Å². The SMILES string of the molecule is CCOC(=O)c1nn[nH]c1Oc1cccc(I)c1. The summed E-state index contributed by atoms with van der Waals surface area (Å²) in [6.45, 7) is 1.99. The minimum absolute atomic E-state index is 0.0377. The van der Waals surface area contributed by atoms with E-state index in [-0.39, 0.29) is 18.2 Å². The molecule has 2 aromatic rings. The maximum atomic E-state index is 11.6. The van der Waals surface area contributed by atoms with Crippen LogP contribution in [0.15, 0.2) is 24.3 Å². The summed E-state index contributed by atoms with van der Waals surface area (Å²) in [6, 6.07) is 7.39. The van der Waals surface area contributed by atoms with Gasteiger partial charge in [0, 0.05) is 3.57 Å². The molecule has 1 N–H and O–H groups in total. The largest absolute Gasteiger partial charge is 0.461 e. The Balaban J connectivity index is 2.20. The van der Waals surface area contributed by atoms with Crippen LogP contribution >= 0.6 is 22.6 Å². The lowest BCUT2D eigenvalue weighted by molar-refractivity contribution is 0.0516. The van der Waals surface area contributed by atoms with Crippen LogP contribution in [-0.4, -0.2) is 28.0 Å². The molecule has 0 aliphatic rings. The first kappa shape index (κ1) is 12.8. The Kier molecular flexibility index (Phi) is 4.13. The molecule has 0 amide bonds. The zero-order chi connectivity index (χ0) is 13.0. The summed E-state index contributed by atoms with van der Waals surface area (Å²) in [5.74, 6) is 0.209. The second-order valence-electron chi connectivity index (χ2n) is 3.27. The van der Waals surface area contributed by atoms with Gasteiger partial charge in [0.1, 0.15) is 5.75 Å². The number of nitrogens with one attached hydrogen (secondary N) is 1. The van der Waals surface area contributed by atoms with Crippen LogP contribution in [0, 0.1) is 3.57 Å². The fourth-order valence-electron chi connectivity index (χ4n) is 1.27. The summed E-state index contributed by atoms with van der Waals surface area (Å²) in [5.41, 5.74) is 0.0377. The minimum atomic E-state index is -0.563. The van der Waals surface area contributed by atoms with Gasteiger partial charge in [-0.25, -0.2) is 9.89 Å². The molecule has 6 nitrogen and oxygen atoms in total. The van der Waals surface area contributed by atoms with Gasteiger partial charge in [-0.1, -0.05) is 11.3 Å². The number of hydrogen-bond acceptors (Lipinski definition) is 5. The standard InChI is InChI=1S/C11H10IN3O3/c1-2-17-11(16)9-10(14-15-13-9)18-8-5-3-4-7(12)6-8/h3-6H,2H2,1H3,(H,13,14,15). The van der Waals surface area contributed by atoms with Crippen molar-refractivity contribution < 1.29 is 14.3 Å². The fraction of sp³-hybridized carbons (Fsp3) is 0.182. The minimum Gasteiger partial charge on any atom is -0.461 e. The number of carbonyl (C=O) groups excluding carboxylic acids is 1. The molecule has 0 fully saturated rings. The number of carbonyl (C=O) groups is 1. The molecule has 0 aliphatic heterocycles. The average molecular weight is 359 g/mol. The Bertz CT molecular complexity index is 556. The van der Waals surface area contributed by atoms with Gasteiger partial charge in [0.25, 0.3) is 5.88 Å². The second-order valence-corrected chi connectivity index (χ2v) is 4.52. The molecule has 0 atom stereocenters. The molecule has 1 aromatic heterocycles. The monoisotopic (exact) mass is 359 g/mol. The van der Waals surface area contributed by atoms with Crippen LogP contribution in [0.2, 0.25) is 0 Å². The number of esters is 1. The molecule has 0 radical (unpaired) electrons. The first-order valence-electron chi connectivity index (χ1n) is 5.22. The zero-order valence-corrected chi connectivity index (χ0v) is 11.7. The number of aromatic nitrogens is 3. The zero-order valence-electron chi connectivity index (χ0n) is 9.51. The number of H-pyrrole nitrogens is 1. The smallest absolute Gasteiger partial charge is 0.364 e. The van der Waals surface area contributed by atoms with E-state index >= 15 is 0 Å². The number of rotatable bonds is 4. The predicted molar refractivity (Wildman–Crippen MR) is 71.6 cm³/mol. The van der Waals surface area contributed by atoms with Crippen LogP contribution < -0.4 is 4.74 Å². The Morgan fingerprint density at radius 2 is 2.33 bits per heavy atom. The third-order valence-electron chi connectivity index (χ3n) is 2.00. The molecule has 1 aromatic carbocycles. The molecule has 0 saturated heterocycles. The van der Waals surface area contributed by atoms with Crippen LogP contribution in [0.25, 0.3) is 0 Å². The van der Waals surface area contributed by atoms with Gasteiger partial charge >= 0.3 is 5.97 Å². The average Bonchev–Trinajstić information content (AvgIpc) is 2.77. The van der Waals surface area contributed by atoms with Crippen LogP contribution in [0.5, 0.6) is 11.6 Å². The van der Waals surface area contributed by atoms with Crippen molar-refractivity contribution in [3.8, 4) is 11.6 Å². The molecular formula is C11H10IN3O3. The Morgan fingerprint density at radius 1 is 1.50 bits per heavy atom. The lowest BCUT2D eigenvalue weighted by atomic mass is 10.3. The lowest BCUT2D eigenvalue weighted by Gasteiger charge is -2.04. The summed E-state index contributed by atoms with van der Waals surface area (Å²) < 4.78 is 11.4. The molecule has 2 rings (SSSR count). The Morgan fingerprint density at radius 3 is 3.06 bits per heavy atom. The summed E-state index contributed by atoms with van der Waals surface area (Å²) in [7, 11) is 0. The number of aromatic amines is 1. The highest BCUT2D eigenvalue weighted by atomic mass is 127. The van der Waals surface area contributed by atoms with Gasteiger partial charge in [0.2, 0.25) is 5.69 Å². The molecule has 94 valence electrons. The van der Waals surface area contributed by atoms with Gasteiger partial charge < -0.3 is 9.47 Å². The van der Waals surface area contributed by atoms with Crippen LogP contribution in [0.3, 0.4) is 0 Å². The highest BCUT2D eigenvalue weighted by molar-refractivity contribution is 14.1. The third-order valence-corrected chi connectivity index (χ3v) is 2.67. The molecule has 0 spiro atoms. The van der Waals surface area contributed by atoms with E-state index in [1.807, 2.05) is 18.2 Å². The number of hydrogen-bond donors (Lipinski definition) is 1. The second kappa shape index (κ2) is 5.80. The van der Waals surface area contributed by atoms with E-state index < -0.39 is 5.97 Å². The normalized spacial score (nSPS) is 10.1. The molecule has 0 bridgehead atoms. The van der Waals surface area contributed by atoms with Crippen molar-refractivity contribution in [3.05, 3.63) is 33.5 Å². The van der Waals surface area contributed by atoms with E-state index in [2.05, 4.69) is 38.0 Å². The lowest BCUT2D eigenvalue weighted by Crippen LogP contribution is -2.06. The van der Waals surface area contributed by atoms with Crippen LogP contribution in [0.4, 0.5) is 0 Å². The number of nitrogens with zero attached hydrogens (tertiary/aromatic N) is 2. The van der Waals surface area contributed by atoms with Crippen LogP contribution in [0.1, 0.15) is 17.4 Å². The molecule has 0 unspecified atom stereocenters. The molecule has 7 heteroatoms. The van der Waals surface area contributed by atoms with Gasteiger partial charge in [-0.15, -0.1) is 5.10 Å². The number of halogens is 1. The molecule has 1 heterocycles. The van der Waals surface area contributed by atoms with E-state index in [1.54, 1.807) is 13.0 Å². The van der Waals surface area contributed by atoms with Crippen molar-refractivity contribution in [2.75, 3.05) is 6.61 Å². The third kappa shape index (κ3) is 2.97. The predicted octanol–water partition coefficient (Wildman–Crippen LogP) is 2.38. The first-order chi connectivity index (χ1) is 8.70. The highest BCUT2D eigenvalue weighted by Crippen LogP contribution is 2.23. The topological polar surface area (TPSA) is 77.1 Å². The summed E-state index contributed by atoms with van der Waals surface area (Å²) in [6.07, 6.45) is 0. The summed E-state index contributed by atoms with van der Waals surface area (Å²) in [4.78, 5) is 11.6. The van der Waals surface area contributed by atoms with E-state index in [9.17, 15) is 4.79 Å². The highest BCUT2D eigenvalue weighted by Gasteiger charge is 2.19. The number of benzene rings is 1. The van der Waals surface area contributed by atoms with Crippen molar-refractivity contribution >= 4 is 28.6 Å². The van der Waals surface area contributed by atoms with Crippen molar-refractivity contribution in [2.24, 2.45) is 0 Å². The quantitative estimate of drug-likeness (QED) is 0.670. The van der Waals surface area contributed by atoms with Crippen molar-refractivity contribution in [2.45, 2.75) is 6.92 Å². The van der Waals surface area contributed by atoms with Crippen molar-refractivity contribution in [1.29, 1.82) is 0 Å². The first-order valence-corrected chi connectivity index (χ1v) is 6.30. The van der Waals surface area contributed by atoms with Crippen molar-refractivity contribution in [3.63, 3.8) is 0 Å². The van der Waals surface area contributed by atoms with Gasteiger partial charge in [-0.05, 0) is 47.7 Å². The van der Waals surface area contributed by atoms with E-state index in [0.29, 0.717) is 5.75 Å². The summed E-state index contributed by atoms with van der Waals surface area (Å²) >= 11 is 2.17. The molecule has 0 saturated carbocycles. The van der Waals surface area contributed by atoms with Crippen molar-refractivity contribution in [1.82, 2.24) is 15.4 Å². The maximum absolute atomic E-state index is 11.6. The van der Waals surface area contributed by atoms with Gasteiger partial charge in [0.05, 0.1) is 6.61 Å². The maximum Gasteiger partial charge on any atom is 0.364 e. The fourth-order valence-corrected chi connectivity index (χ4v) is 1.79. The molecule has 18 heavy (non-hydrogen) atoms. The van der Waals surface area contributed by atoms with E-state index in [4.69, 9.17) is 9.47 Å². The van der Waals surface area contributed by atoms with Crippen LogP contribution in [-0.2, 0) is 4.74 Å². The Hall–Kier alpha value is -1.64. The van der Waals surface area contributed by atoms with E-state index in [1.165, 1.54) is 0 Å². The molecule has 0 aliphatic carbocycles. The number of ether oxygens (including phenoxy) is 2. The van der Waals surface area contributed by atoms with Gasteiger partial charge in [0.15, 0.2) is 0 Å². The Labute approximate surface area is 117 Å². The molecular weight excluding hydrogens is 349 g/mol. The van der Waals surface area contributed by atoms with Gasteiger partial charge in [-0.2, -0.15) is 0 Å². The van der Waals surface area contributed by atoms with Gasteiger partial charge in [-0.3, -0.25) is 0 Å².